The van der Waals surface area contributed by atoms with Crippen molar-refractivity contribution in [1.82, 2.24) is 15.0 Å². The topological polar surface area (TPSA) is 47.9 Å². The Labute approximate surface area is 290 Å². The van der Waals surface area contributed by atoms with Gasteiger partial charge in [-0.1, -0.05) is 146 Å². The molecule has 0 bridgehead atoms. The molecule has 8 aromatic rings. The first-order valence-electron chi connectivity index (χ1n) is 16.9. The largest absolute Gasteiger partial charge is 0.456 e. The molecule has 6 aromatic carbocycles. The molecule has 2 aliphatic rings. The van der Waals surface area contributed by atoms with Gasteiger partial charge in [0.1, 0.15) is 11.5 Å². The van der Waals surface area contributed by atoms with Crippen LogP contribution in [0.15, 0.2) is 176 Å². The fourth-order valence-corrected chi connectivity index (χ4v) is 7.98. The number of para-hydroxylation sites is 2. The molecule has 1 aliphatic heterocycles. The number of hydrogen-bond donors (Lipinski definition) is 0. The first-order valence-corrected chi connectivity index (χ1v) is 16.9. The SMILES string of the molecule is c1ccc(-c2nc(-c3ccccn3)cc(-c3ccccc3-c3cccc4c3Oc3ccccc3C43c4ccccc4-c4ccccc43)n2)cc1. The van der Waals surface area contributed by atoms with Gasteiger partial charge in [0.25, 0.3) is 0 Å². The molecule has 0 radical (unpaired) electrons. The van der Waals surface area contributed by atoms with Crippen LogP contribution >= 0.6 is 0 Å². The predicted molar refractivity (Wildman–Crippen MR) is 199 cm³/mol. The van der Waals surface area contributed by atoms with Crippen LogP contribution in [0.25, 0.3) is 56.3 Å². The van der Waals surface area contributed by atoms with Crippen molar-refractivity contribution in [2.75, 3.05) is 0 Å². The first-order chi connectivity index (χ1) is 24.8. The van der Waals surface area contributed by atoms with Crippen molar-refractivity contribution in [2.24, 2.45) is 0 Å². The predicted octanol–water partition coefficient (Wildman–Crippen LogP) is 11.0. The Balaban J connectivity index is 1.23. The monoisotopic (exact) mass is 639 g/mol. The highest BCUT2D eigenvalue weighted by atomic mass is 16.5. The van der Waals surface area contributed by atoms with Crippen molar-refractivity contribution in [3.8, 4) is 67.8 Å². The van der Waals surface area contributed by atoms with Crippen LogP contribution in [0, 0.1) is 0 Å². The Morgan fingerprint density at radius 2 is 0.980 bits per heavy atom. The van der Waals surface area contributed by atoms with Crippen LogP contribution in [0.4, 0.5) is 0 Å². The van der Waals surface area contributed by atoms with Crippen molar-refractivity contribution in [3.05, 3.63) is 198 Å². The fraction of sp³-hybridized carbons (Fsp3) is 0.0217. The van der Waals surface area contributed by atoms with E-state index in [1.165, 1.54) is 22.3 Å². The number of pyridine rings is 1. The van der Waals surface area contributed by atoms with Crippen molar-refractivity contribution >= 4 is 0 Å². The molecule has 234 valence electrons. The number of benzene rings is 6. The molecule has 3 heterocycles. The zero-order chi connectivity index (χ0) is 33.1. The third-order valence-electron chi connectivity index (χ3n) is 10.1. The quantitative estimate of drug-likeness (QED) is 0.192. The Bertz CT molecular complexity index is 2480. The maximum Gasteiger partial charge on any atom is 0.160 e. The van der Waals surface area contributed by atoms with Crippen molar-refractivity contribution < 1.29 is 4.74 Å². The summed E-state index contributed by atoms with van der Waals surface area (Å²) in [6.07, 6.45) is 1.80. The average molecular weight is 640 g/mol. The molecule has 0 saturated carbocycles. The van der Waals surface area contributed by atoms with Gasteiger partial charge in [-0.3, -0.25) is 4.98 Å². The molecule has 0 atom stereocenters. The normalized spacial score (nSPS) is 13.1. The lowest BCUT2D eigenvalue weighted by Crippen LogP contribution is -2.32. The third kappa shape index (κ3) is 4.15. The van der Waals surface area contributed by atoms with Crippen molar-refractivity contribution in [3.63, 3.8) is 0 Å². The third-order valence-corrected chi connectivity index (χ3v) is 10.1. The molecule has 0 fully saturated rings. The van der Waals surface area contributed by atoms with E-state index >= 15 is 0 Å². The van der Waals surface area contributed by atoms with E-state index in [9.17, 15) is 0 Å². The molecule has 0 amide bonds. The lowest BCUT2D eigenvalue weighted by Gasteiger charge is -2.40. The van der Waals surface area contributed by atoms with Gasteiger partial charge in [0.15, 0.2) is 5.82 Å². The molecule has 0 saturated heterocycles. The maximum atomic E-state index is 7.01. The molecule has 0 unspecified atom stereocenters. The lowest BCUT2D eigenvalue weighted by molar-refractivity contribution is 0.438. The number of aromatic nitrogens is 3. The molecule has 2 aromatic heterocycles. The number of nitrogens with zero attached hydrogens (tertiary/aromatic N) is 3. The van der Waals surface area contributed by atoms with Crippen molar-refractivity contribution in [1.29, 1.82) is 0 Å². The minimum absolute atomic E-state index is 0.538. The van der Waals surface area contributed by atoms with Crippen LogP contribution in [0.3, 0.4) is 0 Å². The second-order valence-corrected chi connectivity index (χ2v) is 12.7. The summed E-state index contributed by atoms with van der Waals surface area (Å²) in [6, 6.07) is 59.3. The first kappa shape index (κ1) is 28.4. The lowest BCUT2D eigenvalue weighted by atomic mass is 9.65. The Kier molecular flexibility index (Phi) is 6.36. The van der Waals surface area contributed by atoms with E-state index in [2.05, 4.69) is 120 Å². The van der Waals surface area contributed by atoms with Gasteiger partial charge >= 0.3 is 0 Å². The van der Waals surface area contributed by atoms with Crippen LogP contribution in [0.1, 0.15) is 22.3 Å². The minimum Gasteiger partial charge on any atom is -0.456 e. The summed E-state index contributed by atoms with van der Waals surface area (Å²) in [5.41, 5.74) is 13.1. The van der Waals surface area contributed by atoms with Gasteiger partial charge in [0.05, 0.1) is 22.5 Å². The van der Waals surface area contributed by atoms with Gasteiger partial charge in [-0.25, -0.2) is 9.97 Å². The fourth-order valence-electron chi connectivity index (χ4n) is 7.98. The van der Waals surface area contributed by atoms with E-state index in [1.54, 1.807) is 6.20 Å². The van der Waals surface area contributed by atoms with E-state index in [1.807, 2.05) is 54.6 Å². The number of ether oxygens (including phenoxy) is 1. The van der Waals surface area contributed by atoms with Crippen LogP contribution in [0.2, 0.25) is 0 Å². The molecule has 10 rings (SSSR count). The molecule has 4 nitrogen and oxygen atoms in total. The molecular weight excluding hydrogens is 611 g/mol. The molecule has 1 aliphatic carbocycles. The number of rotatable bonds is 4. The molecule has 50 heavy (non-hydrogen) atoms. The van der Waals surface area contributed by atoms with Crippen LogP contribution in [-0.4, -0.2) is 15.0 Å². The van der Waals surface area contributed by atoms with Gasteiger partial charge in [0.2, 0.25) is 0 Å². The summed E-state index contributed by atoms with van der Waals surface area (Å²) in [7, 11) is 0. The number of hydrogen-bond acceptors (Lipinski definition) is 4. The van der Waals surface area contributed by atoms with E-state index in [0.29, 0.717) is 5.82 Å². The summed E-state index contributed by atoms with van der Waals surface area (Å²) in [4.78, 5) is 14.8. The minimum atomic E-state index is -0.538. The average Bonchev–Trinajstić information content (AvgIpc) is 3.49. The van der Waals surface area contributed by atoms with Gasteiger partial charge < -0.3 is 4.74 Å². The van der Waals surface area contributed by atoms with E-state index in [0.717, 1.165) is 62.0 Å². The van der Waals surface area contributed by atoms with Crippen LogP contribution in [-0.2, 0) is 5.41 Å². The highest BCUT2D eigenvalue weighted by Gasteiger charge is 2.51. The molecule has 4 heteroatoms. The Hall–Kier alpha value is -6.65. The molecule has 0 N–H and O–H groups in total. The smallest absolute Gasteiger partial charge is 0.160 e. The summed E-state index contributed by atoms with van der Waals surface area (Å²) >= 11 is 0. The summed E-state index contributed by atoms with van der Waals surface area (Å²) < 4.78 is 7.01. The Morgan fingerprint density at radius 3 is 1.72 bits per heavy atom. The van der Waals surface area contributed by atoms with E-state index in [-0.39, 0.29) is 0 Å². The van der Waals surface area contributed by atoms with Crippen LogP contribution in [0.5, 0.6) is 11.5 Å². The standard InChI is InChI=1S/C46H29N3O/c1-2-15-30(16-3-1)45-48-41(29-42(49-45)40-26-12-13-28-47-40)34-20-5-4-17-31(34)35-21-14-25-39-44(35)50-43-27-11-10-24-38(43)46(39)36-22-8-6-18-32(36)33-19-7-9-23-37(33)46/h1-29H. The zero-order valence-corrected chi connectivity index (χ0v) is 27.0. The summed E-state index contributed by atoms with van der Waals surface area (Å²) in [5.74, 6) is 2.37. The second-order valence-electron chi connectivity index (χ2n) is 12.7. The summed E-state index contributed by atoms with van der Waals surface area (Å²) in [5, 5.41) is 0. The zero-order valence-electron chi connectivity index (χ0n) is 27.0. The van der Waals surface area contributed by atoms with Crippen molar-refractivity contribution in [2.45, 2.75) is 5.41 Å². The van der Waals surface area contributed by atoms with Crippen LogP contribution < -0.4 is 4.74 Å². The molecular formula is C46H29N3O. The number of fused-ring (bicyclic) bond motifs is 9. The summed E-state index contributed by atoms with van der Waals surface area (Å²) in [6.45, 7) is 0. The maximum absolute atomic E-state index is 7.01. The highest BCUT2D eigenvalue weighted by Crippen LogP contribution is 2.63. The van der Waals surface area contributed by atoms with Gasteiger partial charge in [0, 0.05) is 34.0 Å². The molecule has 1 spiro atoms. The van der Waals surface area contributed by atoms with E-state index < -0.39 is 5.41 Å². The second kappa shape index (κ2) is 11.2. The van der Waals surface area contributed by atoms with E-state index in [4.69, 9.17) is 14.7 Å². The highest BCUT2D eigenvalue weighted by molar-refractivity contribution is 5.92. The van der Waals surface area contributed by atoms with Gasteiger partial charge in [-0.15, -0.1) is 0 Å². The van der Waals surface area contributed by atoms with Gasteiger partial charge in [-0.2, -0.15) is 0 Å². The van der Waals surface area contributed by atoms with Gasteiger partial charge in [-0.05, 0) is 52.1 Å². The Morgan fingerprint density at radius 1 is 0.400 bits per heavy atom.